The van der Waals surface area contributed by atoms with Crippen molar-refractivity contribution in [2.45, 2.75) is 33.1 Å². The first kappa shape index (κ1) is 9.25. The summed E-state index contributed by atoms with van der Waals surface area (Å²) in [5, 5.41) is 0. The maximum absolute atomic E-state index is 11.2. The Bertz CT molecular complexity index is 380. The summed E-state index contributed by atoms with van der Waals surface area (Å²) in [6, 6.07) is 4.16. The minimum atomic E-state index is -0.103. The van der Waals surface area contributed by atoms with E-state index in [0.29, 0.717) is 6.42 Å². The highest BCUT2D eigenvalue weighted by atomic mass is 16.5. The van der Waals surface area contributed by atoms with Gasteiger partial charge < -0.3 is 4.74 Å². The minimum Gasteiger partial charge on any atom is -0.426 e. The Labute approximate surface area is 83.9 Å². The number of hydrogen-bond acceptors (Lipinski definition) is 2. The van der Waals surface area contributed by atoms with Crippen molar-refractivity contribution in [3.63, 3.8) is 0 Å². The highest BCUT2D eigenvalue weighted by Crippen LogP contribution is 2.31. The fourth-order valence-corrected chi connectivity index (χ4v) is 1.93. The molecule has 2 nitrogen and oxygen atoms in total. The van der Waals surface area contributed by atoms with Crippen molar-refractivity contribution in [2.75, 3.05) is 0 Å². The van der Waals surface area contributed by atoms with Gasteiger partial charge in [0.05, 0.1) is 6.42 Å². The molecule has 2 heteroatoms. The van der Waals surface area contributed by atoms with Crippen LogP contribution in [0.1, 0.15) is 30.0 Å². The van der Waals surface area contributed by atoms with E-state index in [2.05, 4.69) is 13.0 Å². The number of esters is 1. The number of hydrogen-bond donors (Lipinski definition) is 0. The Morgan fingerprint density at radius 1 is 1.36 bits per heavy atom. The Hall–Kier alpha value is -1.31. The zero-order chi connectivity index (χ0) is 10.1. The molecule has 14 heavy (non-hydrogen) atoms. The van der Waals surface area contributed by atoms with E-state index in [1.807, 2.05) is 13.0 Å². The molecular weight excluding hydrogens is 176 g/mol. The first-order valence-electron chi connectivity index (χ1n) is 5.04. The van der Waals surface area contributed by atoms with Crippen LogP contribution in [-0.4, -0.2) is 5.97 Å². The molecular formula is C12H14O2. The van der Waals surface area contributed by atoms with Crippen LogP contribution in [0.2, 0.25) is 0 Å². The van der Waals surface area contributed by atoms with Crippen LogP contribution in [0, 0.1) is 6.92 Å². The smallest absolute Gasteiger partial charge is 0.311 e. The molecule has 74 valence electrons. The van der Waals surface area contributed by atoms with Gasteiger partial charge in [-0.25, -0.2) is 0 Å². The monoisotopic (exact) mass is 190 g/mol. The summed E-state index contributed by atoms with van der Waals surface area (Å²) >= 11 is 0. The molecule has 1 aromatic rings. The number of ether oxygens (including phenoxy) is 1. The van der Waals surface area contributed by atoms with E-state index in [1.54, 1.807) is 0 Å². The fourth-order valence-electron chi connectivity index (χ4n) is 1.93. The topological polar surface area (TPSA) is 26.3 Å². The third-order valence-electron chi connectivity index (χ3n) is 2.73. The highest BCUT2D eigenvalue weighted by molar-refractivity contribution is 5.76. The zero-order valence-electron chi connectivity index (χ0n) is 8.59. The molecule has 0 radical (unpaired) electrons. The number of rotatable bonds is 1. The van der Waals surface area contributed by atoms with Gasteiger partial charge in [0.15, 0.2) is 0 Å². The Balaban J connectivity index is 2.54. The molecule has 0 saturated carbocycles. The second-order valence-electron chi connectivity index (χ2n) is 3.68. The summed E-state index contributed by atoms with van der Waals surface area (Å²) < 4.78 is 5.27. The van der Waals surface area contributed by atoms with E-state index < -0.39 is 0 Å². The van der Waals surface area contributed by atoms with Crippen LogP contribution in [-0.2, 0) is 17.6 Å². The highest BCUT2D eigenvalue weighted by Gasteiger charge is 2.20. The van der Waals surface area contributed by atoms with Gasteiger partial charge in [0, 0.05) is 0 Å². The molecule has 0 amide bonds. The second-order valence-corrected chi connectivity index (χ2v) is 3.68. The summed E-state index contributed by atoms with van der Waals surface area (Å²) in [5.41, 5.74) is 3.59. The summed E-state index contributed by atoms with van der Waals surface area (Å²) in [5.74, 6) is 0.703. The molecule has 0 atom stereocenters. The first-order chi connectivity index (χ1) is 6.72. The van der Waals surface area contributed by atoms with Gasteiger partial charge in [-0.3, -0.25) is 4.79 Å². The molecule has 2 rings (SSSR count). The number of carbonyl (C=O) groups is 1. The lowest BCUT2D eigenvalue weighted by Crippen LogP contribution is -2.17. The van der Waals surface area contributed by atoms with Crippen molar-refractivity contribution in [1.29, 1.82) is 0 Å². The maximum atomic E-state index is 11.2. The second kappa shape index (κ2) is 3.45. The Morgan fingerprint density at radius 3 is 2.86 bits per heavy atom. The first-order valence-corrected chi connectivity index (χ1v) is 5.04. The van der Waals surface area contributed by atoms with Gasteiger partial charge in [-0.15, -0.1) is 0 Å². The van der Waals surface area contributed by atoms with E-state index >= 15 is 0 Å². The molecule has 0 bridgehead atoms. The fraction of sp³-hybridized carbons (Fsp3) is 0.417. The standard InChI is InChI=1S/C12H14O2/c1-3-9-5-4-8(2)12-10(9)6-7-11(13)14-12/h4-5H,3,6-7H2,1-2H3. The largest absolute Gasteiger partial charge is 0.426 e. The van der Waals surface area contributed by atoms with Gasteiger partial charge in [-0.1, -0.05) is 19.1 Å². The third-order valence-corrected chi connectivity index (χ3v) is 2.73. The van der Waals surface area contributed by atoms with E-state index in [-0.39, 0.29) is 5.97 Å². The SMILES string of the molecule is CCc1ccc(C)c2c1CCC(=O)O2. The van der Waals surface area contributed by atoms with Crippen LogP contribution in [0.15, 0.2) is 12.1 Å². The van der Waals surface area contributed by atoms with Gasteiger partial charge >= 0.3 is 5.97 Å². The van der Waals surface area contributed by atoms with Crippen LogP contribution in [0.5, 0.6) is 5.75 Å². The van der Waals surface area contributed by atoms with Gasteiger partial charge in [-0.05, 0) is 36.5 Å². The van der Waals surface area contributed by atoms with Crippen molar-refractivity contribution in [2.24, 2.45) is 0 Å². The molecule has 0 aromatic heterocycles. The van der Waals surface area contributed by atoms with Gasteiger partial charge in [-0.2, -0.15) is 0 Å². The van der Waals surface area contributed by atoms with Crippen molar-refractivity contribution in [3.05, 3.63) is 28.8 Å². The van der Waals surface area contributed by atoms with Crippen LogP contribution >= 0.6 is 0 Å². The van der Waals surface area contributed by atoms with Gasteiger partial charge in [0.1, 0.15) is 5.75 Å². The molecule has 1 heterocycles. The summed E-state index contributed by atoms with van der Waals surface area (Å²) in [6.07, 6.45) is 2.35. The number of aryl methyl sites for hydroxylation is 2. The minimum absolute atomic E-state index is 0.103. The van der Waals surface area contributed by atoms with E-state index in [1.165, 1.54) is 11.1 Å². The average molecular weight is 190 g/mol. The molecule has 0 spiro atoms. The summed E-state index contributed by atoms with van der Waals surface area (Å²) in [6.45, 7) is 4.11. The third kappa shape index (κ3) is 1.41. The molecule has 1 aliphatic heterocycles. The lowest BCUT2D eigenvalue weighted by Gasteiger charge is -2.20. The molecule has 0 fully saturated rings. The van der Waals surface area contributed by atoms with Crippen LogP contribution in [0.25, 0.3) is 0 Å². The predicted molar refractivity (Wildman–Crippen MR) is 54.5 cm³/mol. The zero-order valence-corrected chi connectivity index (χ0v) is 8.59. The molecule has 0 saturated heterocycles. The number of fused-ring (bicyclic) bond motifs is 1. The Kier molecular flexibility index (Phi) is 2.28. The predicted octanol–water partition coefficient (Wildman–Crippen LogP) is 2.41. The van der Waals surface area contributed by atoms with Crippen LogP contribution in [0.3, 0.4) is 0 Å². The molecule has 1 aliphatic rings. The van der Waals surface area contributed by atoms with Crippen LogP contribution in [0.4, 0.5) is 0 Å². The molecule has 0 unspecified atom stereocenters. The Morgan fingerprint density at radius 2 is 2.14 bits per heavy atom. The number of benzene rings is 1. The van der Waals surface area contributed by atoms with Gasteiger partial charge in [0.25, 0.3) is 0 Å². The normalized spacial score (nSPS) is 14.9. The molecule has 1 aromatic carbocycles. The van der Waals surface area contributed by atoms with E-state index in [4.69, 9.17) is 4.74 Å². The molecule has 0 N–H and O–H groups in total. The van der Waals surface area contributed by atoms with E-state index in [9.17, 15) is 4.79 Å². The number of carbonyl (C=O) groups excluding carboxylic acids is 1. The van der Waals surface area contributed by atoms with Crippen molar-refractivity contribution in [1.82, 2.24) is 0 Å². The molecule has 0 aliphatic carbocycles. The van der Waals surface area contributed by atoms with E-state index in [0.717, 1.165) is 24.2 Å². The summed E-state index contributed by atoms with van der Waals surface area (Å²) in [7, 11) is 0. The average Bonchev–Trinajstić information content (AvgIpc) is 2.19. The van der Waals surface area contributed by atoms with Crippen molar-refractivity contribution in [3.8, 4) is 5.75 Å². The lowest BCUT2D eigenvalue weighted by molar-refractivity contribution is -0.135. The van der Waals surface area contributed by atoms with Crippen LogP contribution < -0.4 is 4.74 Å². The summed E-state index contributed by atoms with van der Waals surface area (Å²) in [4.78, 5) is 11.2. The quantitative estimate of drug-likeness (QED) is 0.502. The maximum Gasteiger partial charge on any atom is 0.311 e. The lowest BCUT2D eigenvalue weighted by atomic mass is 9.95. The van der Waals surface area contributed by atoms with Crippen molar-refractivity contribution < 1.29 is 9.53 Å². The van der Waals surface area contributed by atoms with Crippen molar-refractivity contribution >= 4 is 5.97 Å². The van der Waals surface area contributed by atoms with Gasteiger partial charge in [0.2, 0.25) is 0 Å².